The van der Waals surface area contributed by atoms with Crippen LogP contribution in [0.15, 0.2) is 33.7 Å². The summed E-state index contributed by atoms with van der Waals surface area (Å²) in [5.41, 5.74) is -0.102. The molecule has 150 valence electrons. The van der Waals surface area contributed by atoms with Gasteiger partial charge in [-0.3, -0.25) is 14.1 Å². The predicted molar refractivity (Wildman–Crippen MR) is 105 cm³/mol. The summed E-state index contributed by atoms with van der Waals surface area (Å²) in [6.07, 6.45) is 2.31. The van der Waals surface area contributed by atoms with Crippen molar-refractivity contribution in [1.29, 1.82) is 0 Å². The largest absolute Gasteiger partial charge is 0.458 e. The van der Waals surface area contributed by atoms with Gasteiger partial charge in [0.15, 0.2) is 0 Å². The van der Waals surface area contributed by atoms with E-state index in [1.807, 2.05) is 0 Å². The van der Waals surface area contributed by atoms with Crippen molar-refractivity contribution in [2.45, 2.75) is 51.9 Å². The van der Waals surface area contributed by atoms with Gasteiger partial charge in [-0.1, -0.05) is 0 Å². The number of pyridine rings is 1. The first kappa shape index (κ1) is 20.3. The van der Waals surface area contributed by atoms with Crippen molar-refractivity contribution in [3.63, 3.8) is 0 Å². The Morgan fingerprint density at radius 1 is 1.32 bits per heavy atom. The molecule has 0 saturated carbocycles. The Kier molecular flexibility index (Phi) is 5.74. The zero-order valence-electron chi connectivity index (χ0n) is 16.0. The molecule has 0 bridgehead atoms. The lowest BCUT2D eigenvalue weighted by molar-refractivity contribution is -0.150. The number of nitrogens with zero attached hydrogens (tertiary/aromatic N) is 3. The average molecular weight is 452 g/mol. The van der Waals surface area contributed by atoms with Crippen molar-refractivity contribution in [3.05, 3.63) is 44.9 Å². The van der Waals surface area contributed by atoms with Crippen LogP contribution in [0.5, 0.6) is 0 Å². The van der Waals surface area contributed by atoms with Gasteiger partial charge in [-0.15, -0.1) is 0 Å². The summed E-state index contributed by atoms with van der Waals surface area (Å²) in [5, 5.41) is 0. The number of amides is 1. The molecule has 1 aliphatic heterocycles. The van der Waals surface area contributed by atoms with Gasteiger partial charge in [0.25, 0.3) is 5.56 Å². The molecule has 3 heterocycles. The first-order chi connectivity index (χ1) is 13.1. The van der Waals surface area contributed by atoms with Gasteiger partial charge in [-0.25, -0.2) is 14.6 Å². The summed E-state index contributed by atoms with van der Waals surface area (Å²) in [4.78, 5) is 42.8. The molecule has 9 heteroatoms. The molecule has 1 saturated heterocycles. The average Bonchev–Trinajstić information content (AvgIpc) is 3.09. The highest BCUT2D eigenvalue weighted by atomic mass is 79.9. The molecule has 1 amide bonds. The van der Waals surface area contributed by atoms with Crippen LogP contribution in [0.4, 0.5) is 4.79 Å². The number of likely N-dealkylation sites (tertiary alicyclic amines) is 1. The van der Waals surface area contributed by atoms with Crippen LogP contribution in [0.3, 0.4) is 0 Å². The quantitative estimate of drug-likeness (QED) is 0.666. The van der Waals surface area contributed by atoms with E-state index in [0.29, 0.717) is 30.7 Å². The minimum Gasteiger partial charge on any atom is -0.458 e. The molecule has 2 aromatic rings. The lowest BCUT2D eigenvalue weighted by atomic mass is 10.2. The van der Waals surface area contributed by atoms with E-state index in [-0.39, 0.29) is 12.2 Å². The van der Waals surface area contributed by atoms with E-state index >= 15 is 0 Å². The normalized spacial score (nSPS) is 17.0. The van der Waals surface area contributed by atoms with Crippen LogP contribution in [0, 0.1) is 0 Å². The summed E-state index contributed by atoms with van der Waals surface area (Å²) >= 11 is 3.31. The highest BCUT2D eigenvalue weighted by Crippen LogP contribution is 2.22. The van der Waals surface area contributed by atoms with Crippen molar-refractivity contribution < 1.29 is 19.1 Å². The van der Waals surface area contributed by atoms with Gasteiger partial charge in [-0.2, -0.15) is 0 Å². The number of aromatic nitrogens is 2. The molecule has 0 aromatic carbocycles. The summed E-state index contributed by atoms with van der Waals surface area (Å²) in [6, 6.07) is 4.10. The number of carbonyl (C=O) groups excluding carboxylic acids is 2. The molecule has 0 unspecified atom stereocenters. The molecule has 2 aromatic heterocycles. The smallest absolute Gasteiger partial charge is 0.411 e. The Labute approximate surface area is 170 Å². The lowest BCUT2D eigenvalue weighted by Gasteiger charge is -2.27. The predicted octanol–water partition coefficient (Wildman–Crippen LogP) is 2.90. The van der Waals surface area contributed by atoms with Crippen LogP contribution in [-0.2, 0) is 20.9 Å². The van der Waals surface area contributed by atoms with E-state index in [4.69, 9.17) is 9.47 Å². The van der Waals surface area contributed by atoms with Gasteiger partial charge in [0, 0.05) is 23.3 Å². The monoisotopic (exact) mass is 451 g/mol. The third kappa shape index (κ3) is 4.70. The van der Waals surface area contributed by atoms with Crippen LogP contribution in [0.1, 0.15) is 39.3 Å². The highest BCUT2D eigenvalue weighted by molar-refractivity contribution is 9.10. The molecule has 8 nitrogen and oxygen atoms in total. The zero-order chi connectivity index (χ0) is 20.5. The van der Waals surface area contributed by atoms with Gasteiger partial charge in [0.05, 0.1) is 5.69 Å². The van der Waals surface area contributed by atoms with Crippen molar-refractivity contribution >= 4 is 33.6 Å². The second-order valence-corrected chi connectivity index (χ2v) is 8.52. The van der Waals surface area contributed by atoms with Crippen molar-refractivity contribution in [3.8, 4) is 0 Å². The second kappa shape index (κ2) is 7.90. The van der Waals surface area contributed by atoms with Crippen LogP contribution in [0.2, 0.25) is 0 Å². The van der Waals surface area contributed by atoms with Crippen LogP contribution in [-0.4, -0.2) is 44.5 Å². The Hall–Kier alpha value is -2.42. The lowest BCUT2D eigenvalue weighted by Crippen LogP contribution is -2.44. The summed E-state index contributed by atoms with van der Waals surface area (Å²) in [7, 11) is 0. The zero-order valence-corrected chi connectivity index (χ0v) is 17.6. The maximum Gasteiger partial charge on any atom is 0.411 e. The molecular weight excluding hydrogens is 430 g/mol. The molecule has 28 heavy (non-hydrogen) atoms. The maximum absolute atomic E-state index is 12.5. The maximum atomic E-state index is 12.5. The fourth-order valence-electron chi connectivity index (χ4n) is 2.99. The molecular formula is C19H22BrN3O5. The first-order valence-electron chi connectivity index (χ1n) is 8.98. The van der Waals surface area contributed by atoms with Crippen LogP contribution < -0.4 is 5.56 Å². The van der Waals surface area contributed by atoms with Crippen molar-refractivity contribution in [2.24, 2.45) is 0 Å². The van der Waals surface area contributed by atoms with Crippen LogP contribution >= 0.6 is 15.9 Å². The third-order valence-corrected chi connectivity index (χ3v) is 4.66. The Morgan fingerprint density at radius 2 is 2.07 bits per heavy atom. The summed E-state index contributed by atoms with van der Waals surface area (Å²) < 4.78 is 12.9. The van der Waals surface area contributed by atoms with E-state index in [9.17, 15) is 14.4 Å². The third-order valence-electron chi connectivity index (χ3n) is 4.19. The summed E-state index contributed by atoms with van der Waals surface area (Å²) in [6.45, 7) is 5.63. The Balaban J connectivity index is 1.68. The fourth-order valence-corrected chi connectivity index (χ4v) is 3.33. The minimum absolute atomic E-state index is 0.140. The SMILES string of the molecule is CC(C)(C)OC(=O)N1CCC[C@@H]1C(=O)OCc1cc(=O)n2cc(Br)ccc2n1. The van der Waals surface area contributed by atoms with Crippen molar-refractivity contribution in [2.75, 3.05) is 6.54 Å². The molecule has 0 N–H and O–H groups in total. The standard InChI is InChI=1S/C19H22BrN3O5/c1-19(2,3)28-18(26)22-8-4-5-14(22)17(25)27-11-13-9-16(24)23-10-12(20)6-7-15(23)21-13/h6-7,9-10,14H,4-5,8,11H2,1-3H3/t14-/m1/s1. The molecule has 1 fully saturated rings. The van der Waals surface area contributed by atoms with Gasteiger partial charge in [0.2, 0.25) is 0 Å². The molecule has 0 aliphatic carbocycles. The number of rotatable bonds is 3. The highest BCUT2D eigenvalue weighted by Gasteiger charge is 2.37. The van der Waals surface area contributed by atoms with Gasteiger partial charge < -0.3 is 9.47 Å². The van der Waals surface area contributed by atoms with Gasteiger partial charge in [0.1, 0.15) is 23.9 Å². The molecule has 3 rings (SSSR count). The number of halogens is 1. The van der Waals surface area contributed by atoms with Gasteiger partial charge in [-0.05, 0) is 61.7 Å². The summed E-state index contributed by atoms with van der Waals surface area (Å²) in [5.74, 6) is -0.527. The second-order valence-electron chi connectivity index (χ2n) is 7.60. The van der Waals surface area contributed by atoms with Gasteiger partial charge >= 0.3 is 12.1 Å². The van der Waals surface area contributed by atoms with Crippen LogP contribution in [0.25, 0.3) is 5.65 Å². The number of ether oxygens (including phenoxy) is 2. The van der Waals surface area contributed by atoms with E-state index < -0.39 is 23.7 Å². The number of hydrogen-bond acceptors (Lipinski definition) is 6. The van der Waals surface area contributed by atoms with E-state index in [0.717, 1.165) is 4.47 Å². The Bertz CT molecular complexity index is 966. The molecule has 0 radical (unpaired) electrons. The fraction of sp³-hybridized carbons (Fsp3) is 0.474. The minimum atomic E-state index is -0.688. The topological polar surface area (TPSA) is 90.2 Å². The molecule has 1 atom stereocenters. The number of fused-ring (bicyclic) bond motifs is 1. The number of esters is 1. The number of carbonyl (C=O) groups is 2. The number of hydrogen-bond donors (Lipinski definition) is 0. The Morgan fingerprint density at radius 3 is 2.79 bits per heavy atom. The first-order valence-corrected chi connectivity index (χ1v) is 9.77. The van der Waals surface area contributed by atoms with E-state index in [2.05, 4.69) is 20.9 Å². The van der Waals surface area contributed by atoms with E-state index in [1.54, 1.807) is 39.1 Å². The van der Waals surface area contributed by atoms with E-state index in [1.165, 1.54) is 15.4 Å². The van der Waals surface area contributed by atoms with Crippen molar-refractivity contribution in [1.82, 2.24) is 14.3 Å². The molecule has 1 aliphatic rings. The molecule has 0 spiro atoms.